The summed E-state index contributed by atoms with van der Waals surface area (Å²) in [6.07, 6.45) is 0. The molecule has 2 rings (SSSR count). The van der Waals surface area contributed by atoms with Crippen LogP contribution in [-0.2, 0) is 0 Å². The van der Waals surface area contributed by atoms with Crippen LogP contribution in [0.4, 0.5) is 10.5 Å². The molecule has 116 valence electrons. The molecule has 0 saturated heterocycles. The van der Waals surface area contributed by atoms with Crippen LogP contribution in [-0.4, -0.2) is 12.8 Å². The van der Waals surface area contributed by atoms with Crippen molar-refractivity contribution in [3.63, 3.8) is 0 Å². The van der Waals surface area contributed by atoms with Crippen molar-refractivity contribution in [2.24, 2.45) is 0 Å². The van der Waals surface area contributed by atoms with E-state index in [9.17, 15) is 4.79 Å². The standard InChI is InChI=1S/C17H19ClN2O2/c1-11-4-6-15(9-12(11)2)22-10-19-17(21)20-16-7-5-14(18)8-13(16)3/h4-9H,10H2,1-3H3,(H2,19,20,21). The number of rotatable bonds is 4. The molecule has 2 aromatic carbocycles. The molecule has 0 saturated carbocycles. The maximum atomic E-state index is 11.8. The van der Waals surface area contributed by atoms with Gasteiger partial charge in [-0.2, -0.15) is 0 Å². The highest BCUT2D eigenvalue weighted by Crippen LogP contribution is 2.19. The first-order valence-corrected chi connectivity index (χ1v) is 7.34. The van der Waals surface area contributed by atoms with Gasteiger partial charge in [-0.1, -0.05) is 17.7 Å². The number of hydrogen-bond donors (Lipinski definition) is 2. The summed E-state index contributed by atoms with van der Waals surface area (Å²) in [6, 6.07) is 10.8. The Balaban J connectivity index is 1.83. The minimum atomic E-state index is -0.325. The largest absolute Gasteiger partial charge is 0.473 e. The van der Waals surface area contributed by atoms with Crippen molar-refractivity contribution < 1.29 is 9.53 Å². The molecule has 0 aliphatic heterocycles. The Morgan fingerprint density at radius 2 is 1.82 bits per heavy atom. The van der Waals surface area contributed by atoms with Crippen LogP contribution in [0, 0.1) is 20.8 Å². The van der Waals surface area contributed by atoms with Crippen LogP contribution in [0.15, 0.2) is 36.4 Å². The number of carbonyl (C=O) groups is 1. The van der Waals surface area contributed by atoms with Gasteiger partial charge in [0.05, 0.1) is 0 Å². The number of aryl methyl sites for hydroxylation is 3. The molecule has 0 aliphatic carbocycles. The van der Waals surface area contributed by atoms with E-state index in [1.807, 2.05) is 39.0 Å². The molecular weight excluding hydrogens is 300 g/mol. The van der Waals surface area contributed by atoms with Gasteiger partial charge in [0.1, 0.15) is 5.75 Å². The first-order chi connectivity index (χ1) is 10.5. The monoisotopic (exact) mass is 318 g/mol. The second-order valence-corrected chi connectivity index (χ2v) is 5.56. The summed E-state index contributed by atoms with van der Waals surface area (Å²) in [5.41, 5.74) is 3.97. The molecule has 2 N–H and O–H groups in total. The number of hydrogen-bond acceptors (Lipinski definition) is 2. The summed E-state index contributed by atoms with van der Waals surface area (Å²) in [5, 5.41) is 6.05. The van der Waals surface area contributed by atoms with Crippen molar-refractivity contribution >= 4 is 23.3 Å². The third kappa shape index (κ3) is 4.40. The summed E-state index contributed by atoms with van der Waals surface area (Å²) in [5.74, 6) is 0.728. The average Bonchev–Trinajstić information content (AvgIpc) is 2.46. The van der Waals surface area contributed by atoms with Crippen LogP contribution < -0.4 is 15.4 Å². The second-order valence-electron chi connectivity index (χ2n) is 5.12. The summed E-state index contributed by atoms with van der Waals surface area (Å²) in [6.45, 7) is 6.04. The molecule has 0 bridgehead atoms. The fourth-order valence-corrected chi connectivity index (χ4v) is 2.15. The lowest BCUT2D eigenvalue weighted by Crippen LogP contribution is -2.32. The molecule has 0 aliphatic rings. The third-order valence-electron chi connectivity index (χ3n) is 3.39. The average molecular weight is 319 g/mol. The van der Waals surface area contributed by atoms with Crippen molar-refractivity contribution in [1.82, 2.24) is 5.32 Å². The van der Waals surface area contributed by atoms with Crippen molar-refractivity contribution in [3.8, 4) is 5.75 Å². The molecule has 0 spiro atoms. The Bertz CT molecular complexity index is 686. The molecule has 0 unspecified atom stereocenters. The van der Waals surface area contributed by atoms with E-state index in [1.54, 1.807) is 18.2 Å². The molecule has 0 radical (unpaired) electrons. The number of benzene rings is 2. The van der Waals surface area contributed by atoms with Crippen molar-refractivity contribution in [2.45, 2.75) is 20.8 Å². The smallest absolute Gasteiger partial charge is 0.321 e. The lowest BCUT2D eigenvalue weighted by Gasteiger charge is -2.12. The lowest BCUT2D eigenvalue weighted by atomic mass is 10.1. The van der Waals surface area contributed by atoms with Gasteiger partial charge in [-0.25, -0.2) is 4.79 Å². The third-order valence-corrected chi connectivity index (χ3v) is 3.62. The molecule has 22 heavy (non-hydrogen) atoms. The molecule has 0 aromatic heterocycles. The Kier molecular flexibility index (Phi) is 5.28. The van der Waals surface area contributed by atoms with Crippen LogP contribution >= 0.6 is 11.6 Å². The number of nitrogens with one attached hydrogen (secondary N) is 2. The summed E-state index contributed by atoms with van der Waals surface area (Å²) in [4.78, 5) is 11.8. The molecule has 0 heterocycles. The number of urea groups is 1. The van der Waals surface area contributed by atoms with E-state index in [0.717, 1.165) is 16.9 Å². The summed E-state index contributed by atoms with van der Waals surface area (Å²) >= 11 is 5.88. The van der Waals surface area contributed by atoms with Crippen LogP contribution in [0.2, 0.25) is 5.02 Å². The fourth-order valence-electron chi connectivity index (χ4n) is 1.92. The molecule has 2 aromatic rings. The SMILES string of the molecule is Cc1ccc(OCNC(=O)Nc2ccc(Cl)cc2C)cc1C. The van der Waals surface area contributed by atoms with Gasteiger partial charge in [0.15, 0.2) is 6.73 Å². The Morgan fingerprint density at radius 1 is 1.05 bits per heavy atom. The zero-order valence-corrected chi connectivity index (χ0v) is 13.6. The van der Waals surface area contributed by atoms with E-state index in [-0.39, 0.29) is 12.8 Å². The van der Waals surface area contributed by atoms with E-state index in [1.165, 1.54) is 5.56 Å². The molecule has 0 atom stereocenters. The van der Waals surface area contributed by atoms with E-state index in [4.69, 9.17) is 16.3 Å². The summed E-state index contributed by atoms with van der Waals surface area (Å²) in [7, 11) is 0. The van der Waals surface area contributed by atoms with Gasteiger partial charge in [-0.05, 0) is 67.8 Å². The minimum absolute atomic E-state index is 0.0982. The zero-order chi connectivity index (χ0) is 16.1. The predicted molar refractivity (Wildman–Crippen MR) is 89.8 cm³/mol. The normalized spacial score (nSPS) is 10.2. The molecular formula is C17H19ClN2O2. The highest BCUT2D eigenvalue weighted by Gasteiger charge is 2.05. The summed E-state index contributed by atoms with van der Waals surface area (Å²) < 4.78 is 5.51. The van der Waals surface area contributed by atoms with E-state index >= 15 is 0 Å². The molecule has 0 fully saturated rings. The topological polar surface area (TPSA) is 50.4 Å². The first-order valence-electron chi connectivity index (χ1n) is 6.97. The lowest BCUT2D eigenvalue weighted by molar-refractivity contribution is 0.234. The van der Waals surface area contributed by atoms with Gasteiger partial charge in [-0.15, -0.1) is 0 Å². The quantitative estimate of drug-likeness (QED) is 0.820. The van der Waals surface area contributed by atoms with Crippen molar-refractivity contribution in [2.75, 3.05) is 12.0 Å². The number of anilines is 1. The van der Waals surface area contributed by atoms with Crippen molar-refractivity contribution in [3.05, 3.63) is 58.1 Å². The maximum absolute atomic E-state index is 11.8. The van der Waals surface area contributed by atoms with E-state index in [2.05, 4.69) is 10.6 Å². The number of carbonyl (C=O) groups excluding carboxylic acids is 1. The van der Waals surface area contributed by atoms with Gasteiger partial charge >= 0.3 is 6.03 Å². The number of ether oxygens (including phenoxy) is 1. The maximum Gasteiger partial charge on any atom is 0.321 e. The van der Waals surface area contributed by atoms with Gasteiger partial charge in [0, 0.05) is 10.7 Å². The van der Waals surface area contributed by atoms with Gasteiger partial charge < -0.3 is 15.4 Å². The van der Waals surface area contributed by atoms with Crippen LogP contribution in [0.3, 0.4) is 0 Å². The Hall–Kier alpha value is -2.20. The van der Waals surface area contributed by atoms with Gasteiger partial charge in [0.25, 0.3) is 0 Å². The second kappa shape index (κ2) is 7.18. The fraction of sp³-hybridized carbons (Fsp3) is 0.235. The Labute approximate surface area is 135 Å². The first kappa shape index (κ1) is 16.2. The van der Waals surface area contributed by atoms with Gasteiger partial charge in [0.2, 0.25) is 0 Å². The number of halogens is 1. The van der Waals surface area contributed by atoms with Crippen LogP contribution in [0.5, 0.6) is 5.75 Å². The zero-order valence-electron chi connectivity index (χ0n) is 12.9. The van der Waals surface area contributed by atoms with Crippen LogP contribution in [0.25, 0.3) is 0 Å². The molecule has 2 amide bonds. The number of amides is 2. The molecule has 4 nitrogen and oxygen atoms in total. The highest BCUT2D eigenvalue weighted by atomic mass is 35.5. The van der Waals surface area contributed by atoms with E-state index in [0.29, 0.717) is 10.7 Å². The van der Waals surface area contributed by atoms with Gasteiger partial charge in [-0.3, -0.25) is 0 Å². The minimum Gasteiger partial charge on any atom is -0.473 e. The predicted octanol–water partition coefficient (Wildman–Crippen LogP) is 4.42. The Morgan fingerprint density at radius 3 is 2.50 bits per heavy atom. The molecule has 5 heteroatoms. The highest BCUT2D eigenvalue weighted by molar-refractivity contribution is 6.30. The van der Waals surface area contributed by atoms with Crippen LogP contribution in [0.1, 0.15) is 16.7 Å². The van der Waals surface area contributed by atoms with E-state index < -0.39 is 0 Å². The van der Waals surface area contributed by atoms with Crippen molar-refractivity contribution in [1.29, 1.82) is 0 Å².